The molecule has 0 atom stereocenters. The maximum atomic E-state index is 11.5. The molecule has 0 aromatic carbocycles. The van der Waals surface area contributed by atoms with E-state index in [0.717, 1.165) is 22.2 Å². The third kappa shape index (κ3) is 2.12. The van der Waals surface area contributed by atoms with Gasteiger partial charge < -0.3 is 20.9 Å². The summed E-state index contributed by atoms with van der Waals surface area (Å²) in [6.07, 6.45) is 0. The van der Waals surface area contributed by atoms with E-state index < -0.39 is 5.91 Å². The van der Waals surface area contributed by atoms with Gasteiger partial charge in [-0.2, -0.15) is 0 Å². The number of anilines is 1. The quantitative estimate of drug-likeness (QED) is 0.571. The average Bonchev–Trinajstić information content (AvgIpc) is 2.57. The molecule has 2 rings (SSSR count). The average molecular weight is 270 g/mol. The van der Waals surface area contributed by atoms with Crippen molar-refractivity contribution in [3.8, 4) is 0 Å². The van der Waals surface area contributed by atoms with Gasteiger partial charge in [0.25, 0.3) is 5.91 Å². The molecule has 17 heavy (non-hydrogen) atoms. The van der Waals surface area contributed by atoms with Crippen LogP contribution in [0.5, 0.6) is 0 Å². The maximum absolute atomic E-state index is 11.5. The molecule has 1 aliphatic rings. The van der Waals surface area contributed by atoms with E-state index in [0.29, 0.717) is 17.2 Å². The lowest BCUT2D eigenvalue weighted by molar-refractivity contribution is 0.0996. The number of thioether (sulfide) groups is 1. The Balaban J connectivity index is 2.49. The number of aromatic nitrogens is 1. The highest BCUT2D eigenvalue weighted by atomic mass is 32.2. The molecule has 0 radical (unpaired) electrons. The molecular weight excluding hydrogens is 256 g/mol. The highest BCUT2D eigenvalue weighted by Crippen LogP contribution is 2.33. The van der Waals surface area contributed by atoms with Gasteiger partial charge in [-0.1, -0.05) is 6.92 Å². The van der Waals surface area contributed by atoms with Gasteiger partial charge in [-0.25, -0.2) is 0 Å². The summed E-state index contributed by atoms with van der Waals surface area (Å²) < 4.78 is 0. The van der Waals surface area contributed by atoms with Crippen molar-refractivity contribution in [2.75, 3.05) is 18.1 Å². The Morgan fingerprint density at radius 1 is 1.65 bits per heavy atom. The number of nitrogens with one attached hydrogen (secondary N) is 2. The molecule has 1 aliphatic heterocycles. The third-order valence-electron chi connectivity index (χ3n) is 2.58. The molecule has 0 spiro atoms. The summed E-state index contributed by atoms with van der Waals surface area (Å²) in [5.74, 6) is 1.26. The van der Waals surface area contributed by atoms with Gasteiger partial charge in [0.1, 0.15) is 5.82 Å². The first kappa shape index (κ1) is 12.3. The molecule has 0 bridgehead atoms. The number of fused-ring (bicyclic) bond motifs is 1. The van der Waals surface area contributed by atoms with Crippen LogP contribution in [-0.4, -0.2) is 33.7 Å². The number of aromatic amines is 1. The summed E-state index contributed by atoms with van der Waals surface area (Å²) in [5, 5.41) is 4.52. The summed E-state index contributed by atoms with van der Waals surface area (Å²) in [6, 6.07) is 0. The minimum absolute atomic E-state index is 0.401. The van der Waals surface area contributed by atoms with Crippen molar-refractivity contribution in [2.45, 2.75) is 18.5 Å². The van der Waals surface area contributed by atoms with E-state index in [9.17, 15) is 4.79 Å². The molecular formula is C10H14N4OS2. The van der Waals surface area contributed by atoms with E-state index in [2.05, 4.69) is 10.3 Å². The van der Waals surface area contributed by atoms with Crippen LogP contribution < -0.4 is 11.1 Å². The van der Waals surface area contributed by atoms with Gasteiger partial charge in [0.2, 0.25) is 0 Å². The van der Waals surface area contributed by atoms with Crippen LogP contribution in [0.3, 0.4) is 0 Å². The molecule has 0 saturated heterocycles. The zero-order valence-electron chi connectivity index (χ0n) is 9.66. The number of carbonyl (C=O) groups is 1. The number of amides is 1. The van der Waals surface area contributed by atoms with Gasteiger partial charge in [0.05, 0.1) is 10.6 Å². The second-order valence-corrected chi connectivity index (χ2v) is 5.43. The fourth-order valence-corrected chi connectivity index (χ4v) is 2.80. The normalized spacial score (nSPS) is 14.5. The molecule has 0 fully saturated rings. The van der Waals surface area contributed by atoms with Crippen molar-refractivity contribution >= 4 is 40.8 Å². The molecule has 1 aromatic rings. The minimum atomic E-state index is -0.401. The molecule has 0 aliphatic carbocycles. The molecule has 92 valence electrons. The smallest absolute Gasteiger partial charge is 0.251 e. The number of hydrogen-bond donors (Lipinski definition) is 3. The largest absolute Gasteiger partial charge is 0.366 e. The molecule has 1 amide bonds. The number of rotatable bonds is 3. The number of thiocarbonyl (C=S) groups is 1. The van der Waals surface area contributed by atoms with E-state index >= 15 is 0 Å². The minimum Gasteiger partial charge on any atom is -0.366 e. The maximum Gasteiger partial charge on any atom is 0.251 e. The van der Waals surface area contributed by atoms with Crippen molar-refractivity contribution in [1.82, 2.24) is 9.88 Å². The lowest BCUT2D eigenvalue weighted by atomic mass is 10.1. The molecule has 4 N–H and O–H groups in total. The van der Waals surface area contributed by atoms with Crippen molar-refractivity contribution in [1.29, 1.82) is 0 Å². The fourth-order valence-electron chi connectivity index (χ4n) is 1.80. The third-order valence-corrected chi connectivity index (χ3v) is 3.88. The standard InChI is InChI=1S/C10H14N4OS2/c1-3-17-9-6(7(11)15)5-4-14(2)10(16)13-8(5)12-9/h12H,3-4H2,1-2H3,(H2,11,15)(H,13,16). The Morgan fingerprint density at radius 2 is 2.35 bits per heavy atom. The Kier molecular flexibility index (Phi) is 3.30. The predicted octanol–water partition coefficient (Wildman–Crippen LogP) is 1.37. The fraction of sp³-hybridized carbons (Fsp3) is 0.400. The second kappa shape index (κ2) is 4.58. The first-order chi connectivity index (χ1) is 8.04. The topological polar surface area (TPSA) is 74.2 Å². The van der Waals surface area contributed by atoms with Gasteiger partial charge in [0.15, 0.2) is 5.11 Å². The van der Waals surface area contributed by atoms with Crippen LogP contribution in [0.25, 0.3) is 0 Å². The van der Waals surface area contributed by atoms with Crippen LogP contribution in [0.15, 0.2) is 5.03 Å². The highest BCUT2D eigenvalue weighted by molar-refractivity contribution is 7.99. The van der Waals surface area contributed by atoms with Crippen LogP contribution in [0.1, 0.15) is 22.8 Å². The molecule has 7 heteroatoms. The number of nitrogens with zero attached hydrogens (tertiary/aromatic N) is 1. The summed E-state index contributed by atoms with van der Waals surface area (Å²) in [4.78, 5) is 16.6. The highest BCUT2D eigenvalue weighted by Gasteiger charge is 2.27. The van der Waals surface area contributed by atoms with E-state index in [-0.39, 0.29) is 0 Å². The predicted molar refractivity (Wildman–Crippen MR) is 73.4 cm³/mol. The molecule has 0 saturated carbocycles. The Bertz CT molecular complexity index is 483. The Labute approximate surface area is 109 Å². The monoisotopic (exact) mass is 270 g/mol. The molecule has 5 nitrogen and oxygen atoms in total. The van der Waals surface area contributed by atoms with Crippen molar-refractivity contribution < 1.29 is 4.79 Å². The van der Waals surface area contributed by atoms with Crippen LogP contribution in [0.4, 0.5) is 5.82 Å². The zero-order chi connectivity index (χ0) is 12.6. The summed E-state index contributed by atoms with van der Waals surface area (Å²) >= 11 is 6.73. The van der Waals surface area contributed by atoms with Crippen molar-refractivity contribution in [2.24, 2.45) is 5.73 Å². The zero-order valence-corrected chi connectivity index (χ0v) is 11.3. The second-order valence-electron chi connectivity index (χ2n) is 3.77. The number of carbonyl (C=O) groups excluding carboxylic acids is 1. The van der Waals surface area contributed by atoms with E-state index in [1.165, 1.54) is 0 Å². The number of hydrogen-bond acceptors (Lipinski definition) is 3. The summed E-state index contributed by atoms with van der Waals surface area (Å²) in [6.45, 7) is 2.62. The lowest BCUT2D eigenvalue weighted by Gasteiger charge is -2.26. The van der Waals surface area contributed by atoms with E-state index in [1.807, 2.05) is 18.9 Å². The van der Waals surface area contributed by atoms with Gasteiger partial charge in [0, 0.05) is 19.2 Å². The van der Waals surface area contributed by atoms with Crippen LogP contribution in [0.2, 0.25) is 0 Å². The molecule has 1 aromatic heterocycles. The van der Waals surface area contributed by atoms with Gasteiger partial charge >= 0.3 is 0 Å². The Hall–Kier alpha value is -1.21. The van der Waals surface area contributed by atoms with Crippen LogP contribution >= 0.6 is 24.0 Å². The van der Waals surface area contributed by atoms with Crippen LogP contribution in [0, 0.1) is 0 Å². The van der Waals surface area contributed by atoms with E-state index in [1.54, 1.807) is 11.8 Å². The van der Waals surface area contributed by atoms with Gasteiger partial charge in [-0.15, -0.1) is 11.8 Å². The first-order valence-electron chi connectivity index (χ1n) is 5.24. The van der Waals surface area contributed by atoms with Crippen molar-refractivity contribution in [3.63, 3.8) is 0 Å². The number of primary amides is 1. The number of nitrogens with two attached hydrogens (primary N) is 1. The first-order valence-corrected chi connectivity index (χ1v) is 6.63. The Morgan fingerprint density at radius 3 is 2.94 bits per heavy atom. The summed E-state index contributed by atoms with van der Waals surface area (Å²) in [5.41, 5.74) is 6.91. The SMILES string of the molecule is CCSc1[nH]c2c(c1C(N)=O)CN(C)C(=S)N2. The van der Waals surface area contributed by atoms with Gasteiger partial charge in [-0.3, -0.25) is 4.79 Å². The molecule has 2 heterocycles. The lowest BCUT2D eigenvalue weighted by Crippen LogP contribution is -2.35. The van der Waals surface area contributed by atoms with Crippen LogP contribution in [-0.2, 0) is 6.54 Å². The molecule has 0 unspecified atom stereocenters. The van der Waals surface area contributed by atoms with Crippen molar-refractivity contribution in [3.05, 3.63) is 11.1 Å². The van der Waals surface area contributed by atoms with Gasteiger partial charge in [-0.05, 0) is 18.0 Å². The number of H-pyrrole nitrogens is 1. The summed E-state index contributed by atoms with van der Waals surface area (Å²) in [7, 11) is 1.88. The van der Waals surface area contributed by atoms with E-state index in [4.69, 9.17) is 18.0 Å².